The first kappa shape index (κ1) is 52.0. The number of carbonyl (C=O) groups excluding carboxylic acids is 4. The van der Waals surface area contributed by atoms with E-state index in [2.05, 4.69) is 0 Å². The van der Waals surface area contributed by atoms with E-state index in [-0.39, 0.29) is 39.8 Å². The van der Waals surface area contributed by atoms with Crippen molar-refractivity contribution in [2.75, 3.05) is 6.61 Å². The van der Waals surface area contributed by atoms with Gasteiger partial charge in [0, 0.05) is 5.02 Å². The number of thioether (sulfide) groups is 1. The fraction of sp³-hybridized carbons (Fsp3) is 0.204. The Bertz CT molecular complexity index is 3100. The summed E-state index contributed by atoms with van der Waals surface area (Å²) >= 11 is 8.90. The van der Waals surface area contributed by atoms with Crippen molar-refractivity contribution in [1.29, 1.82) is 0 Å². The van der Waals surface area contributed by atoms with Crippen LogP contribution in [0.3, 0.4) is 0 Å². The van der Waals surface area contributed by atoms with Gasteiger partial charge in [-0.05, 0) is 107 Å². The Kier molecular flexibility index (Phi) is 17.4. The van der Waals surface area contributed by atoms with Crippen LogP contribution in [-0.2, 0) is 23.7 Å². The van der Waals surface area contributed by atoms with E-state index >= 15 is 0 Å². The zero-order valence-corrected chi connectivity index (χ0v) is 42.0. The Morgan fingerprint density at radius 3 is 1.66 bits per heavy atom. The lowest BCUT2D eigenvalue weighted by Crippen LogP contribution is -2.62. The summed E-state index contributed by atoms with van der Waals surface area (Å²) in [6, 6.07) is 47.7. The molecule has 17 heteroatoms. The van der Waals surface area contributed by atoms with E-state index in [1.807, 2.05) is 58.0 Å². The van der Waals surface area contributed by atoms with Crippen molar-refractivity contribution in [2.24, 2.45) is 9.98 Å². The van der Waals surface area contributed by atoms with Crippen LogP contribution in [0, 0.1) is 6.92 Å². The lowest BCUT2D eigenvalue weighted by Gasteiger charge is -2.44. The molecule has 8 rings (SSSR count). The van der Waals surface area contributed by atoms with Crippen molar-refractivity contribution >= 4 is 76.7 Å². The highest BCUT2D eigenvalue weighted by atomic mass is 35.5. The van der Waals surface area contributed by atoms with E-state index in [1.165, 1.54) is 11.3 Å². The van der Waals surface area contributed by atoms with Crippen LogP contribution in [0.25, 0.3) is 5.69 Å². The summed E-state index contributed by atoms with van der Waals surface area (Å²) in [6.45, 7) is 7.35. The minimum absolute atomic E-state index is 0. The number of hydrogen-bond acceptors (Lipinski definition) is 14. The second-order valence-corrected chi connectivity index (χ2v) is 19.4. The van der Waals surface area contributed by atoms with Gasteiger partial charge in [0.15, 0.2) is 33.7 Å². The maximum atomic E-state index is 14.4. The van der Waals surface area contributed by atoms with Crippen LogP contribution in [0.1, 0.15) is 67.8 Å². The topological polar surface area (TPSA) is 157 Å². The predicted molar refractivity (Wildman–Crippen MR) is 274 cm³/mol. The fourth-order valence-electron chi connectivity index (χ4n) is 7.14. The molecule has 0 amide bonds. The highest BCUT2D eigenvalue weighted by Gasteiger charge is 2.54. The maximum absolute atomic E-state index is 14.4. The number of carbonyl (C=O) groups is 4. The van der Waals surface area contributed by atoms with Crippen LogP contribution < -0.4 is 9.60 Å². The number of hydrogen-bond donors (Lipinski definition) is 0. The van der Waals surface area contributed by atoms with Crippen LogP contribution in [0.5, 0.6) is 0 Å². The molecule has 7 aromatic rings. The molecular weight excluding hydrogens is 984 g/mol. The Morgan fingerprint density at radius 1 is 0.662 bits per heavy atom. The lowest BCUT2D eigenvalue weighted by atomic mass is 9.98. The molecule has 364 valence electrons. The zero-order valence-electron chi connectivity index (χ0n) is 38.8. The zero-order chi connectivity index (χ0) is 49.2. The summed E-state index contributed by atoms with van der Waals surface area (Å²) in [5.74, 6) is -3.13. The molecule has 2 heterocycles. The molecule has 0 N–H and O–H groups in total. The van der Waals surface area contributed by atoms with E-state index in [0.29, 0.717) is 26.0 Å². The Hall–Kier alpha value is -6.88. The van der Waals surface area contributed by atoms with Gasteiger partial charge < -0.3 is 23.7 Å². The molecule has 5 atom stereocenters. The average molecular weight is 1030 g/mol. The number of nitrogens with zero attached hydrogens (tertiary/aromatic N) is 4. The van der Waals surface area contributed by atoms with Gasteiger partial charge in [0.05, 0.1) is 39.2 Å². The number of benzene rings is 6. The summed E-state index contributed by atoms with van der Waals surface area (Å²) in [7, 11) is 0. The second-order valence-electron chi connectivity index (χ2n) is 16.9. The number of esters is 4. The van der Waals surface area contributed by atoms with Gasteiger partial charge in [-0.2, -0.15) is 4.98 Å². The van der Waals surface area contributed by atoms with E-state index < -0.39 is 65.9 Å². The molecule has 71 heavy (non-hydrogen) atoms. The molecule has 6 aromatic carbocycles. The van der Waals surface area contributed by atoms with Crippen LogP contribution in [0.4, 0.5) is 5.69 Å². The maximum Gasteiger partial charge on any atom is 0.338 e. The first-order chi connectivity index (χ1) is 33.8. The molecule has 13 nitrogen and oxygen atoms in total. The molecule has 1 saturated heterocycles. The summed E-state index contributed by atoms with van der Waals surface area (Å²) in [4.78, 5) is 72.4. The van der Waals surface area contributed by atoms with Crippen molar-refractivity contribution in [3.63, 3.8) is 0 Å². The Morgan fingerprint density at radius 2 is 1.15 bits per heavy atom. The fourth-order valence-corrected chi connectivity index (χ4v) is 9.68. The number of aromatic nitrogens is 2. The van der Waals surface area contributed by atoms with Crippen LogP contribution in [-0.4, -0.2) is 75.4 Å². The molecule has 1 aliphatic rings. The molecule has 1 aliphatic heterocycles. The SMILES string of the molecule is Cc1ccc(N=c2nc(SC3O[C@H](COC(=O)c4ccccc4)[C@@H](OC(=O)c4ccccc4)[C@H](OC(=O)c4ccccc4)[C@H]3OC(=O)c3ccccc3)n(-c3cccc(Cl)c3)c(=NC(C)(C)C)s2)cc1.Cl. The monoisotopic (exact) mass is 1030 g/mol. The smallest absolute Gasteiger partial charge is 0.338 e. The van der Waals surface area contributed by atoms with E-state index in [4.69, 9.17) is 50.3 Å². The quantitative estimate of drug-likeness (QED) is 0.0800. The van der Waals surface area contributed by atoms with Crippen molar-refractivity contribution < 1.29 is 42.9 Å². The lowest BCUT2D eigenvalue weighted by molar-refractivity contribution is -0.207. The molecular formula is C54H48Cl2N4O9S2. The van der Waals surface area contributed by atoms with Crippen LogP contribution >= 0.6 is 47.1 Å². The van der Waals surface area contributed by atoms with Gasteiger partial charge in [-0.15, -0.1) is 12.4 Å². The first-order valence-electron chi connectivity index (χ1n) is 22.2. The van der Waals surface area contributed by atoms with Crippen molar-refractivity contribution in [1.82, 2.24) is 9.55 Å². The third kappa shape index (κ3) is 13.7. The number of aryl methyl sites for hydroxylation is 1. The van der Waals surface area contributed by atoms with Gasteiger partial charge in [0.25, 0.3) is 0 Å². The number of ether oxygens (including phenoxy) is 5. The number of halogens is 2. The minimum Gasteiger partial charge on any atom is -0.459 e. The Balaban J connectivity index is 0.00000741. The standard InChI is InChI=1S/C54H47ClN4O9S2.ClH/c1-34-28-30-40(31-29-34)56-51-57-52(59(41-27-17-26-39(55)32-41)53(70-51)58-54(2,3)4)69-50-45(68-49(63)38-24-15-8-16-25-38)44(67-48(62)37-22-13-7-14-23-37)43(66-47(61)36-20-11-6-12-21-36)42(65-50)33-64-46(60)35-18-9-5-10-19-35;/h5-32,42-45,50H,33H2,1-4H3;1H/t42-,43-,44+,45-,50?;/m1./s1. The van der Waals surface area contributed by atoms with Gasteiger partial charge >= 0.3 is 23.9 Å². The van der Waals surface area contributed by atoms with Gasteiger partial charge in [-0.3, -0.25) is 9.56 Å². The summed E-state index contributed by atoms with van der Waals surface area (Å²) < 4.78 is 33.7. The molecule has 0 radical (unpaired) electrons. The van der Waals surface area contributed by atoms with E-state index in [0.717, 1.165) is 17.3 Å². The Labute approximate surface area is 429 Å². The molecule has 0 aliphatic carbocycles. The summed E-state index contributed by atoms with van der Waals surface area (Å²) in [6.07, 6.45) is -6.03. The molecule has 0 spiro atoms. The minimum atomic E-state index is -1.60. The molecule has 0 saturated carbocycles. The largest absolute Gasteiger partial charge is 0.459 e. The summed E-state index contributed by atoms with van der Waals surface area (Å²) in [5, 5.41) is 0.675. The van der Waals surface area contributed by atoms with Crippen LogP contribution in [0.15, 0.2) is 185 Å². The van der Waals surface area contributed by atoms with Gasteiger partial charge in [-0.25, -0.2) is 24.2 Å². The van der Waals surface area contributed by atoms with E-state index in [1.54, 1.807) is 144 Å². The number of rotatable bonds is 13. The molecule has 1 fully saturated rings. The van der Waals surface area contributed by atoms with Gasteiger partial charge in [0.1, 0.15) is 12.7 Å². The van der Waals surface area contributed by atoms with Crippen molar-refractivity contribution in [3.05, 3.63) is 212 Å². The van der Waals surface area contributed by atoms with Crippen molar-refractivity contribution in [2.45, 2.75) is 68.2 Å². The third-order valence-corrected chi connectivity index (χ3v) is 12.6. The normalized spacial score (nSPS) is 18.1. The molecule has 1 unspecified atom stereocenters. The van der Waals surface area contributed by atoms with Gasteiger partial charge in [0.2, 0.25) is 4.80 Å². The molecule has 0 bridgehead atoms. The average Bonchev–Trinajstić information content (AvgIpc) is 3.36. The summed E-state index contributed by atoms with van der Waals surface area (Å²) in [5.41, 5.74) is 1.06. The van der Waals surface area contributed by atoms with Crippen LogP contribution in [0.2, 0.25) is 5.02 Å². The predicted octanol–water partition coefficient (Wildman–Crippen LogP) is 10.6. The van der Waals surface area contributed by atoms with Gasteiger partial charge in [-0.1, -0.05) is 131 Å². The highest BCUT2D eigenvalue weighted by molar-refractivity contribution is 7.99. The first-order valence-corrected chi connectivity index (χ1v) is 24.3. The molecule has 1 aromatic heterocycles. The van der Waals surface area contributed by atoms with Crippen molar-refractivity contribution in [3.8, 4) is 5.69 Å². The van der Waals surface area contributed by atoms with E-state index in [9.17, 15) is 19.2 Å². The second kappa shape index (κ2) is 23.8. The third-order valence-electron chi connectivity index (χ3n) is 10.5. The highest BCUT2D eigenvalue weighted by Crippen LogP contribution is 2.38.